The number of nitrogens with one attached hydrogen (secondary N) is 1. The van der Waals surface area contributed by atoms with E-state index in [1.807, 2.05) is 25.1 Å². The Morgan fingerprint density at radius 1 is 1.00 bits per heavy atom. The van der Waals surface area contributed by atoms with Gasteiger partial charge in [0.15, 0.2) is 12.4 Å². The smallest absolute Gasteiger partial charge is 0.374 e. The lowest BCUT2D eigenvalue weighted by Gasteiger charge is -2.07. The van der Waals surface area contributed by atoms with Gasteiger partial charge in [-0.15, -0.1) is 0 Å². The fourth-order valence-corrected chi connectivity index (χ4v) is 2.74. The third kappa shape index (κ3) is 5.19. The van der Waals surface area contributed by atoms with Gasteiger partial charge in [0.05, 0.1) is 0 Å². The van der Waals surface area contributed by atoms with Gasteiger partial charge in [-0.3, -0.25) is 9.59 Å². The summed E-state index contributed by atoms with van der Waals surface area (Å²) >= 11 is 0. The van der Waals surface area contributed by atoms with Gasteiger partial charge in [0, 0.05) is 16.8 Å². The molecule has 0 saturated carbocycles. The Hall–Kier alpha value is -3.67. The van der Waals surface area contributed by atoms with E-state index in [2.05, 4.69) is 5.32 Å². The molecule has 1 aromatic heterocycles. The van der Waals surface area contributed by atoms with Crippen molar-refractivity contribution in [3.05, 3.63) is 77.6 Å². The number of aryl methyl sites for hydroxylation is 1. The summed E-state index contributed by atoms with van der Waals surface area (Å²) in [6.45, 7) is 3.10. The summed E-state index contributed by atoms with van der Waals surface area (Å²) in [7, 11) is 0. The van der Waals surface area contributed by atoms with Crippen LogP contribution in [-0.4, -0.2) is 24.3 Å². The number of furan rings is 1. The predicted molar refractivity (Wildman–Crippen MR) is 109 cm³/mol. The summed E-state index contributed by atoms with van der Waals surface area (Å²) in [5, 5.41) is 2.69. The molecule has 3 aromatic rings. The van der Waals surface area contributed by atoms with Crippen molar-refractivity contribution >= 4 is 23.3 Å². The van der Waals surface area contributed by atoms with E-state index in [9.17, 15) is 14.4 Å². The molecule has 148 valence electrons. The van der Waals surface area contributed by atoms with Crippen molar-refractivity contribution in [3.8, 4) is 11.3 Å². The van der Waals surface area contributed by atoms with Gasteiger partial charge >= 0.3 is 5.97 Å². The second-order valence-electron chi connectivity index (χ2n) is 6.48. The van der Waals surface area contributed by atoms with Gasteiger partial charge < -0.3 is 14.5 Å². The van der Waals surface area contributed by atoms with Crippen LogP contribution in [0.2, 0.25) is 0 Å². The lowest BCUT2D eigenvalue weighted by molar-refractivity contribution is -0.119. The second-order valence-corrected chi connectivity index (χ2v) is 6.48. The van der Waals surface area contributed by atoms with Crippen molar-refractivity contribution in [2.75, 3.05) is 11.9 Å². The van der Waals surface area contributed by atoms with Crippen LogP contribution in [0.3, 0.4) is 0 Å². The summed E-state index contributed by atoms with van der Waals surface area (Å²) in [6.07, 6.45) is 0.858. The van der Waals surface area contributed by atoms with E-state index in [-0.39, 0.29) is 11.5 Å². The number of amides is 1. The highest BCUT2D eigenvalue weighted by molar-refractivity contribution is 5.95. The van der Waals surface area contributed by atoms with Crippen molar-refractivity contribution in [3.63, 3.8) is 0 Å². The number of hydrogen-bond donors (Lipinski definition) is 1. The molecule has 6 nitrogen and oxygen atoms in total. The monoisotopic (exact) mass is 391 g/mol. The highest BCUT2D eigenvalue weighted by Gasteiger charge is 2.16. The molecule has 0 aliphatic carbocycles. The van der Waals surface area contributed by atoms with Crippen LogP contribution in [0.5, 0.6) is 0 Å². The zero-order valence-corrected chi connectivity index (χ0v) is 16.2. The third-order valence-corrected chi connectivity index (χ3v) is 4.34. The average Bonchev–Trinajstić information content (AvgIpc) is 3.22. The largest absolute Gasteiger partial charge is 0.450 e. The van der Waals surface area contributed by atoms with Gasteiger partial charge in [0.1, 0.15) is 5.76 Å². The van der Waals surface area contributed by atoms with E-state index in [4.69, 9.17) is 9.15 Å². The number of carbonyl (C=O) groups excluding carboxylic acids is 3. The van der Waals surface area contributed by atoms with Crippen molar-refractivity contribution in [2.24, 2.45) is 0 Å². The lowest BCUT2D eigenvalue weighted by atomic mass is 10.1. The Labute approximate surface area is 168 Å². The molecular formula is C23H21NO5. The fraction of sp³-hybridized carbons (Fsp3) is 0.174. The molecule has 6 heteroatoms. The maximum Gasteiger partial charge on any atom is 0.374 e. The lowest BCUT2D eigenvalue weighted by Crippen LogP contribution is -2.20. The Kier molecular flexibility index (Phi) is 6.24. The molecule has 1 heterocycles. The molecular weight excluding hydrogens is 370 g/mol. The van der Waals surface area contributed by atoms with Crippen LogP contribution >= 0.6 is 0 Å². The van der Waals surface area contributed by atoms with Crippen LogP contribution in [0.25, 0.3) is 11.3 Å². The van der Waals surface area contributed by atoms with Crippen LogP contribution in [0.15, 0.2) is 65.1 Å². The van der Waals surface area contributed by atoms with E-state index in [0.717, 1.165) is 17.5 Å². The highest BCUT2D eigenvalue weighted by Crippen LogP contribution is 2.23. The number of benzene rings is 2. The zero-order chi connectivity index (χ0) is 20.8. The van der Waals surface area contributed by atoms with E-state index >= 15 is 0 Å². The van der Waals surface area contributed by atoms with Gasteiger partial charge in [-0.05, 0) is 43.2 Å². The first-order chi connectivity index (χ1) is 14.0. The quantitative estimate of drug-likeness (QED) is 0.473. The molecule has 0 aliphatic heterocycles. The zero-order valence-electron chi connectivity index (χ0n) is 16.2. The number of Topliss-reactive ketones (excluding diaryl/α,β-unsaturated/α-hetero) is 1. The predicted octanol–water partition coefficient (Wildman–Crippen LogP) is 4.51. The Morgan fingerprint density at radius 2 is 1.76 bits per heavy atom. The number of carbonyl (C=O) groups is 3. The number of ether oxygens (including phenoxy) is 1. The number of anilines is 1. The molecule has 0 bridgehead atoms. The molecule has 0 aliphatic rings. The number of rotatable bonds is 7. The Balaban J connectivity index is 1.57. The van der Waals surface area contributed by atoms with Gasteiger partial charge in [-0.1, -0.05) is 43.3 Å². The standard InChI is InChI=1S/C23H21NO5/c1-3-16-5-4-6-19(13-16)24-22(26)14-28-23(27)21-12-11-20(29-21)18-9-7-17(8-10-18)15(2)25/h4-13H,3,14H2,1-2H3,(H,24,26). The Morgan fingerprint density at radius 3 is 2.45 bits per heavy atom. The molecule has 0 atom stereocenters. The summed E-state index contributed by atoms with van der Waals surface area (Å²) in [4.78, 5) is 35.5. The second kappa shape index (κ2) is 9.01. The van der Waals surface area contributed by atoms with Crippen LogP contribution in [0.4, 0.5) is 5.69 Å². The van der Waals surface area contributed by atoms with Gasteiger partial charge in [-0.2, -0.15) is 0 Å². The van der Waals surface area contributed by atoms with E-state index in [1.165, 1.54) is 13.0 Å². The average molecular weight is 391 g/mol. The van der Waals surface area contributed by atoms with Crippen molar-refractivity contribution < 1.29 is 23.5 Å². The Bertz CT molecular complexity index is 1030. The van der Waals surface area contributed by atoms with Gasteiger partial charge in [-0.25, -0.2) is 4.79 Å². The van der Waals surface area contributed by atoms with Crippen molar-refractivity contribution in [2.45, 2.75) is 20.3 Å². The fourth-order valence-electron chi connectivity index (χ4n) is 2.74. The topological polar surface area (TPSA) is 85.6 Å². The van der Waals surface area contributed by atoms with Crippen LogP contribution in [0.1, 0.15) is 40.3 Å². The molecule has 2 aromatic carbocycles. The summed E-state index contributed by atoms with van der Waals surface area (Å²) in [5.41, 5.74) is 3.07. The van der Waals surface area contributed by atoms with Crippen LogP contribution in [-0.2, 0) is 16.0 Å². The van der Waals surface area contributed by atoms with Crippen LogP contribution < -0.4 is 5.32 Å². The molecule has 0 radical (unpaired) electrons. The third-order valence-electron chi connectivity index (χ3n) is 4.34. The first kappa shape index (κ1) is 20.1. The minimum absolute atomic E-state index is 0.00331. The van der Waals surface area contributed by atoms with E-state index < -0.39 is 18.5 Å². The van der Waals surface area contributed by atoms with Gasteiger partial charge in [0.2, 0.25) is 5.76 Å². The molecule has 1 amide bonds. The minimum Gasteiger partial charge on any atom is -0.450 e. The van der Waals surface area contributed by atoms with Crippen molar-refractivity contribution in [1.82, 2.24) is 0 Å². The molecule has 0 saturated heterocycles. The van der Waals surface area contributed by atoms with E-state index in [0.29, 0.717) is 17.0 Å². The molecule has 3 rings (SSSR count). The first-order valence-corrected chi connectivity index (χ1v) is 9.23. The van der Waals surface area contributed by atoms with Gasteiger partial charge in [0.25, 0.3) is 5.91 Å². The van der Waals surface area contributed by atoms with E-state index in [1.54, 1.807) is 36.4 Å². The maximum absolute atomic E-state index is 12.1. The molecule has 0 spiro atoms. The number of hydrogen-bond acceptors (Lipinski definition) is 5. The van der Waals surface area contributed by atoms with Crippen molar-refractivity contribution in [1.29, 1.82) is 0 Å². The molecule has 29 heavy (non-hydrogen) atoms. The summed E-state index contributed by atoms with van der Waals surface area (Å²) in [6, 6.07) is 17.4. The minimum atomic E-state index is -0.728. The first-order valence-electron chi connectivity index (χ1n) is 9.23. The molecule has 0 unspecified atom stereocenters. The summed E-state index contributed by atoms with van der Waals surface area (Å²) < 4.78 is 10.6. The summed E-state index contributed by atoms with van der Waals surface area (Å²) in [5.74, 6) is -0.725. The number of esters is 1. The normalized spacial score (nSPS) is 10.4. The SMILES string of the molecule is CCc1cccc(NC(=O)COC(=O)c2ccc(-c3ccc(C(C)=O)cc3)o2)c1. The highest BCUT2D eigenvalue weighted by atomic mass is 16.5. The molecule has 0 fully saturated rings. The molecule has 1 N–H and O–H groups in total. The number of ketones is 1. The maximum atomic E-state index is 12.1. The van der Waals surface area contributed by atoms with Crippen LogP contribution in [0, 0.1) is 0 Å².